The lowest BCUT2D eigenvalue weighted by Gasteiger charge is -2.14. The molecule has 0 saturated heterocycles. The summed E-state index contributed by atoms with van der Waals surface area (Å²) in [5.41, 5.74) is 1.65. The fourth-order valence-electron chi connectivity index (χ4n) is 2.33. The molecule has 0 fully saturated rings. The number of cyclic esters (lactones) is 1. The molecule has 0 aromatic heterocycles. The molecule has 2 aromatic carbocycles. The van der Waals surface area contributed by atoms with Crippen LogP contribution in [0.15, 0.2) is 41.0 Å². The van der Waals surface area contributed by atoms with Crippen molar-refractivity contribution in [3.05, 3.63) is 64.3 Å². The van der Waals surface area contributed by atoms with Crippen molar-refractivity contribution in [2.45, 2.75) is 20.0 Å². The molecule has 1 aliphatic heterocycles. The molecule has 0 N–H and O–H groups in total. The lowest BCUT2D eigenvalue weighted by atomic mass is 10.2. The fraction of sp³-hybridized carbons (Fsp3) is 0.158. The smallest absolute Gasteiger partial charge is 0.363 e. The van der Waals surface area contributed by atoms with E-state index in [-0.39, 0.29) is 17.7 Å². The highest BCUT2D eigenvalue weighted by Crippen LogP contribution is 2.31. The first-order chi connectivity index (χ1) is 12.7. The first-order valence-corrected chi connectivity index (χ1v) is 10.8. The predicted molar refractivity (Wildman–Crippen MR) is 125 cm³/mol. The maximum absolute atomic E-state index is 12.2. The van der Waals surface area contributed by atoms with Crippen molar-refractivity contribution in [1.29, 1.82) is 0 Å². The van der Waals surface area contributed by atoms with Crippen molar-refractivity contribution in [2.24, 2.45) is 4.99 Å². The molecule has 0 spiro atoms. The highest BCUT2D eigenvalue weighted by Gasteiger charge is 2.25. The number of halogens is 4. The normalized spacial score (nSPS) is 15.3. The summed E-state index contributed by atoms with van der Waals surface area (Å²) in [5, 5.41) is 0.796. The van der Waals surface area contributed by atoms with Crippen molar-refractivity contribution in [1.82, 2.24) is 0 Å². The van der Waals surface area contributed by atoms with E-state index in [9.17, 15) is 4.79 Å². The third kappa shape index (κ3) is 4.96. The van der Waals surface area contributed by atoms with Gasteiger partial charge in [-0.3, -0.25) is 0 Å². The lowest BCUT2D eigenvalue weighted by molar-refractivity contribution is -0.129. The summed E-state index contributed by atoms with van der Waals surface area (Å²) in [7, 11) is 0. The van der Waals surface area contributed by atoms with E-state index in [0.717, 1.165) is 18.5 Å². The largest absolute Gasteiger partial charge is 0.489 e. The average molecular weight is 628 g/mol. The summed E-state index contributed by atoms with van der Waals surface area (Å²) in [6.45, 7) is 3.96. The number of hydrogen-bond acceptors (Lipinski definition) is 4. The van der Waals surface area contributed by atoms with Gasteiger partial charge in [0.15, 0.2) is 5.70 Å². The topological polar surface area (TPSA) is 47.9 Å². The Hall–Kier alpha value is -0.840. The van der Waals surface area contributed by atoms with Gasteiger partial charge in [0, 0.05) is 5.56 Å². The van der Waals surface area contributed by atoms with E-state index in [1.54, 1.807) is 24.3 Å². The van der Waals surface area contributed by atoms with Crippen LogP contribution in [0.3, 0.4) is 0 Å². The Morgan fingerprint density at radius 1 is 1.11 bits per heavy atom. The minimum atomic E-state index is -0.511. The quantitative estimate of drug-likeness (QED) is 0.226. The minimum Gasteiger partial charge on any atom is -0.489 e. The third-order valence-corrected chi connectivity index (χ3v) is 5.81. The zero-order valence-electron chi connectivity index (χ0n) is 14.2. The number of hydrogen-bond donors (Lipinski definition) is 0. The van der Waals surface area contributed by atoms with Gasteiger partial charge in [0.05, 0.1) is 23.3 Å². The summed E-state index contributed by atoms with van der Waals surface area (Å²) in [6.07, 6.45) is 1.77. The highest BCUT2D eigenvalue weighted by molar-refractivity contribution is 14.1. The van der Waals surface area contributed by atoms with Crippen LogP contribution in [-0.4, -0.2) is 18.0 Å². The molecule has 0 amide bonds. The molecular formula is C19H13Cl2I2NO3. The molecule has 0 saturated carbocycles. The maximum atomic E-state index is 12.2. The Morgan fingerprint density at radius 2 is 1.78 bits per heavy atom. The summed E-state index contributed by atoms with van der Waals surface area (Å²) in [4.78, 5) is 16.5. The number of carbonyl (C=O) groups is 1. The van der Waals surface area contributed by atoms with Crippen LogP contribution in [0.5, 0.6) is 5.75 Å². The van der Waals surface area contributed by atoms with Crippen molar-refractivity contribution in [3.8, 4) is 5.75 Å². The monoisotopic (exact) mass is 627 g/mol. The van der Waals surface area contributed by atoms with E-state index in [0.29, 0.717) is 15.6 Å². The second-order valence-corrected chi connectivity index (χ2v) is 9.08. The number of ether oxygens (including phenoxy) is 2. The van der Waals surface area contributed by atoms with Crippen LogP contribution in [0.25, 0.3) is 6.08 Å². The predicted octanol–water partition coefficient (Wildman–Crippen LogP) is 6.33. The van der Waals surface area contributed by atoms with Gasteiger partial charge in [-0.15, -0.1) is 0 Å². The standard InChI is InChI=1S/C19H13Cl2I2NO3/c1-9(2)26-17-14(22)5-10(6-15(17)23)7-16-19(25)27-18(24-16)11-3-4-12(20)13(21)8-11/h3-9H,1-2H3/b16-7-. The maximum Gasteiger partial charge on any atom is 0.363 e. The second kappa shape index (κ2) is 8.67. The van der Waals surface area contributed by atoms with Crippen LogP contribution in [0.1, 0.15) is 25.0 Å². The van der Waals surface area contributed by atoms with E-state index >= 15 is 0 Å². The molecule has 0 unspecified atom stereocenters. The van der Waals surface area contributed by atoms with E-state index in [4.69, 9.17) is 32.7 Å². The van der Waals surface area contributed by atoms with Crippen LogP contribution in [0.4, 0.5) is 0 Å². The molecule has 0 aliphatic carbocycles. The molecule has 0 atom stereocenters. The molecule has 27 heavy (non-hydrogen) atoms. The van der Waals surface area contributed by atoms with Crippen molar-refractivity contribution < 1.29 is 14.3 Å². The zero-order valence-corrected chi connectivity index (χ0v) is 20.1. The third-order valence-electron chi connectivity index (χ3n) is 3.46. The number of benzene rings is 2. The number of rotatable bonds is 4. The number of nitrogens with zero attached hydrogens (tertiary/aromatic N) is 1. The van der Waals surface area contributed by atoms with Crippen LogP contribution in [-0.2, 0) is 9.53 Å². The van der Waals surface area contributed by atoms with Crippen molar-refractivity contribution in [2.75, 3.05) is 0 Å². The number of carbonyl (C=O) groups excluding carboxylic acids is 1. The molecule has 1 heterocycles. The number of esters is 1. The van der Waals surface area contributed by atoms with Gasteiger partial charge in [0.1, 0.15) is 5.75 Å². The Kier molecular flexibility index (Phi) is 6.70. The van der Waals surface area contributed by atoms with E-state index < -0.39 is 5.97 Å². The highest BCUT2D eigenvalue weighted by atomic mass is 127. The summed E-state index contributed by atoms with van der Waals surface area (Å²) >= 11 is 16.4. The van der Waals surface area contributed by atoms with Gasteiger partial charge >= 0.3 is 5.97 Å². The van der Waals surface area contributed by atoms with E-state index in [2.05, 4.69) is 50.2 Å². The lowest BCUT2D eigenvalue weighted by Crippen LogP contribution is -2.08. The average Bonchev–Trinajstić information content (AvgIpc) is 2.94. The van der Waals surface area contributed by atoms with Gasteiger partial charge in [-0.1, -0.05) is 23.2 Å². The molecule has 3 rings (SSSR count). The summed E-state index contributed by atoms with van der Waals surface area (Å²) in [6, 6.07) is 8.83. The Morgan fingerprint density at radius 3 is 2.37 bits per heavy atom. The van der Waals surface area contributed by atoms with Crippen LogP contribution in [0, 0.1) is 7.14 Å². The molecule has 2 aromatic rings. The van der Waals surface area contributed by atoms with Crippen molar-refractivity contribution >= 4 is 86.3 Å². The van der Waals surface area contributed by atoms with Crippen LogP contribution < -0.4 is 4.74 Å². The minimum absolute atomic E-state index is 0.0828. The Balaban J connectivity index is 1.93. The SMILES string of the molecule is CC(C)Oc1c(I)cc(/C=C2\N=C(c3ccc(Cl)c(Cl)c3)OC2=O)cc1I. The molecule has 8 heteroatoms. The first-order valence-electron chi connectivity index (χ1n) is 7.88. The molecule has 0 bridgehead atoms. The molecule has 0 radical (unpaired) electrons. The van der Waals surface area contributed by atoms with E-state index in [1.807, 2.05) is 26.0 Å². The Labute approximate surface area is 194 Å². The zero-order chi connectivity index (χ0) is 19.7. The van der Waals surface area contributed by atoms with Crippen LogP contribution >= 0.6 is 68.4 Å². The van der Waals surface area contributed by atoms with Gasteiger partial charge in [-0.25, -0.2) is 9.79 Å². The molecule has 4 nitrogen and oxygen atoms in total. The van der Waals surface area contributed by atoms with E-state index in [1.165, 1.54) is 0 Å². The van der Waals surface area contributed by atoms with Gasteiger partial charge in [-0.05, 0) is 101 Å². The van der Waals surface area contributed by atoms with Crippen LogP contribution in [0.2, 0.25) is 10.0 Å². The first kappa shape index (κ1) is 20.9. The number of aliphatic imine (C=N–C) groups is 1. The van der Waals surface area contributed by atoms with Gasteiger partial charge in [0.2, 0.25) is 5.90 Å². The second-order valence-electron chi connectivity index (χ2n) is 5.95. The Bertz CT molecular complexity index is 964. The molecule has 1 aliphatic rings. The van der Waals surface area contributed by atoms with Crippen molar-refractivity contribution in [3.63, 3.8) is 0 Å². The van der Waals surface area contributed by atoms with Gasteiger partial charge in [0.25, 0.3) is 0 Å². The molecule has 140 valence electrons. The fourth-order valence-corrected chi connectivity index (χ4v) is 4.70. The van der Waals surface area contributed by atoms with Gasteiger partial charge in [-0.2, -0.15) is 0 Å². The van der Waals surface area contributed by atoms with Gasteiger partial charge < -0.3 is 9.47 Å². The summed E-state index contributed by atoms with van der Waals surface area (Å²) in [5.74, 6) is 0.528. The summed E-state index contributed by atoms with van der Waals surface area (Å²) < 4.78 is 13.0. The molecular weight excluding hydrogens is 615 g/mol.